The van der Waals surface area contributed by atoms with Crippen LogP contribution in [0.1, 0.15) is 112 Å². The maximum atomic E-state index is 13.2. The van der Waals surface area contributed by atoms with Crippen LogP contribution in [-0.4, -0.2) is 89.0 Å². The van der Waals surface area contributed by atoms with Crippen molar-refractivity contribution in [2.75, 3.05) is 21.3 Å². The largest absolute Gasteiger partial charge is 0.508 e. The van der Waals surface area contributed by atoms with Crippen LogP contribution in [0.5, 0.6) is 28.7 Å². The van der Waals surface area contributed by atoms with E-state index in [1.54, 1.807) is 97.1 Å². The first-order valence-electron chi connectivity index (χ1n) is 43.4. The number of halogens is 3. The van der Waals surface area contributed by atoms with Crippen LogP contribution in [0.15, 0.2) is 296 Å². The predicted octanol–water partition coefficient (Wildman–Crippen LogP) is 20.1. The van der Waals surface area contributed by atoms with Gasteiger partial charge in [0, 0.05) is 57.4 Å². The number of amides is 4. The Balaban J connectivity index is 0.000000123. The molecule has 0 unspecified atom stereocenters. The molecule has 0 radical (unpaired) electrons. The van der Waals surface area contributed by atoms with Gasteiger partial charge in [0.1, 0.15) is 34.6 Å². The zero-order valence-corrected chi connectivity index (χ0v) is 73.9. The van der Waals surface area contributed by atoms with Crippen molar-refractivity contribution < 1.29 is 49.1 Å². The Labute approximate surface area is 774 Å². The van der Waals surface area contributed by atoms with Gasteiger partial charge in [-0.3, -0.25) is 19.2 Å². The highest BCUT2D eigenvalue weighted by Crippen LogP contribution is 2.41. The second-order valence-corrected chi connectivity index (χ2v) is 34.1. The summed E-state index contributed by atoms with van der Waals surface area (Å²) in [7, 11) is 0. The van der Waals surface area contributed by atoms with Crippen LogP contribution in [0, 0.1) is 5.82 Å². The monoisotopic (exact) mass is 1830 g/mol. The first-order valence-corrected chi connectivity index (χ1v) is 44.6. The van der Waals surface area contributed by atoms with E-state index in [-0.39, 0.29) is 83.9 Å². The van der Waals surface area contributed by atoms with Crippen molar-refractivity contribution in [1.29, 1.82) is 0 Å². The summed E-state index contributed by atoms with van der Waals surface area (Å²) in [5, 5.41) is 61.5. The van der Waals surface area contributed by atoms with Crippen LogP contribution in [-0.2, 0) is 122 Å². The number of hydrogen-bond donors (Lipinski definition) is 9. The molecule has 132 heavy (non-hydrogen) atoms. The van der Waals surface area contributed by atoms with Crippen LogP contribution in [0.4, 0.5) is 27.7 Å². The summed E-state index contributed by atoms with van der Waals surface area (Å²) in [6.45, 7) is 0. The maximum Gasteiger partial charge on any atom is 0.229 e. The summed E-state index contributed by atoms with van der Waals surface area (Å²) in [6.07, 6.45) is 8.73. The molecule has 20 rings (SSSR count). The quantitative estimate of drug-likeness (QED) is 0.0342. The van der Waals surface area contributed by atoms with Crippen LogP contribution in [0.25, 0.3) is 45.0 Å². The normalized spacial score (nSPS) is 12.0. The number of nitrogens with zero attached hydrogens (tertiary/aromatic N) is 8. The molecule has 16 aromatic rings. The third-order valence-corrected chi connectivity index (χ3v) is 23.9. The van der Waals surface area contributed by atoms with Crippen molar-refractivity contribution in [3.8, 4) is 73.8 Å². The molecule has 4 aliphatic rings. The van der Waals surface area contributed by atoms with Gasteiger partial charge >= 0.3 is 0 Å². The van der Waals surface area contributed by atoms with E-state index in [4.69, 9.17) is 51.5 Å². The summed E-state index contributed by atoms with van der Waals surface area (Å²) in [5.41, 5.74) is 25.2. The third-order valence-electron chi connectivity index (χ3n) is 23.1. The van der Waals surface area contributed by atoms with E-state index in [0.717, 1.165) is 170 Å². The molecule has 4 amide bonds. The molecule has 0 fully saturated rings. The lowest BCUT2D eigenvalue weighted by molar-refractivity contribution is -0.116. The van der Waals surface area contributed by atoms with Gasteiger partial charge in [0.2, 0.25) is 23.6 Å². The Morgan fingerprint density at radius 2 is 0.515 bits per heavy atom. The minimum Gasteiger partial charge on any atom is -0.508 e. The fourth-order valence-corrected chi connectivity index (χ4v) is 17.0. The number of nitrogens with one attached hydrogen (secondary N) is 4. The average molecular weight is 1830 g/mol. The van der Waals surface area contributed by atoms with Crippen LogP contribution >= 0.6 is 27.5 Å². The number of phenolic OH excluding ortho intramolecular Hbond substituents is 5. The molecule has 0 spiro atoms. The lowest BCUT2D eigenvalue weighted by Gasteiger charge is -2.21. The Bertz CT molecular complexity index is 6120. The van der Waals surface area contributed by atoms with Crippen LogP contribution < -0.4 is 21.3 Å². The molecule has 0 saturated heterocycles. The number of aromatic nitrogens is 8. The Morgan fingerprint density at radius 3 is 0.780 bits per heavy atom. The van der Waals surface area contributed by atoms with Crippen molar-refractivity contribution in [1.82, 2.24) is 39.9 Å². The lowest BCUT2D eigenvalue weighted by atomic mass is 9.91. The van der Waals surface area contributed by atoms with Gasteiger partial charge < -0.3 is 46.8 Å². The average Bonchev–Trinajstić information content (AvgIpc) is 0.782. The second-order valence-electron chi connectivity index (χ2n) is 32.7. The molecule has 4 aromatic heterocycles. The highest BCUT2D eigenvalue weighted by molar-refractivity contribution is 9.10. The summed E-state index contributed by atoms with van der Waals surface area (Å²) in [5.74, 6) is 2.06. The van der Waals surface area contributed by atoms with E-state index in [9.17, 15) is 49.1 Å². The van der Waals surface area contributed by atoms with E-state index >= 15 is 0 Å². The van der Waals surface area contributed by atoms with Gasteiger partial charge in [0.25, 0.3) is 0 Å². The highest BCUT2D eigenvalue weighted by atomic mass is 79.9. The standard InChI is InChI=1S/C27H22BrN3O2.C27H22ClN3O2.C27H22FN3O2.C27H23N3O3/c3*28-20-9-6-18(7-10-20)15-25(33)31-27-24(14-17-4-2-1-3-5-17)29-26-22-12-11-21(32)16-19(22)8-13-23(26)30-27;31-20-9-6-18(7-10-20)15-25(33)30-27-24(14-17-4-2-1-3-5-17)28-26-22-12-11-21(32)16-19(22)8-13-23(26)29-27/h3*1-7,9-12,16,32H,8,13-15H2,(H,30,31,33);1-7,9-12,16,31-32H,8,13-15H2,(H,29,30,33). The van der Waals surface area contributed by atoms with Crippen molar-refractivity contribution in [2.24, 2.45) is 0 Å². The van der Waals surface area contributed by atoms with Gasteiger partial charge in [-0.05, 0) is 239 Å². The van der Waals surface area contributed by atoms with Gasteiger partial charge in [0.05, 0.1) is 94.0 Å². The molecule has 0 aliphatic heterocycles. The van der Waals surface area contributed by atoms with Gasteiger partial charge in [-0.2, -0.15) is 0 Å². The first-order chi connectivity index (χ1) is 64.2. The number of anilines is 4. The van der Waals surface area contributed by atoms with E-state index in [1.807, 2.05) is 182 Å². The number of aryl methyl sites for hydroxylation is 8. The second kappa shape index (κ2) is 40.9. The highest BCUT2D eigenvalue weighted by Gasteiger charge is 2.29. The molecule has 21 nitrogen and oxygen atoms in total. The summed E-state index contributed by atoms with van der Waals surface area (Å²) >= 11 is 9.38. The predicted molar refractivity (Wildman–Crippen MR) is 513 cm³/mol. The molecule has 12 aromatic carbocycles. The van der Waals surface area contributed by atoms with Gasteiger partial charge in [-0.15, -0.1) is 0 Å². The Hall–Kier alpha value is -15.5. The van der Waals surface area contributed by atoms with Crippen molar-refractivity contribution in [3.05, 3.63) is 419 Å². The molecule has 0 bridgehead atoms. The number of carbonyl (C=O) groups is 4. The lowest BCUT2D eigenvalue weighted by Crippen LogP contribution is -2.20. The number of benzene rings is 12. The number of carbonyl (C=O) groups excluding carboxylic acids is 4. The first kappa shape index (κ1) is 88.6. The molecule has 4 heterocycles. The van der Waals surface area contributed by atoms with Crippen molar-refractivity contribution >= 4 is 74.4 Å². The van der Waals surface area contributed by atoms with Crippen LogP contribution in [0.3, 0.4) is 0 Å². The van der Waals surface area contributed by atoms with E-state index in [2.05, 4.69) is 37.2 Å². The molecular formula is C108H89BrClFN12O9. The number of phenols is 5. The minimum absolute atomic E-state index is 0.117. The number of hydrogen-bond acceptors (Lipinski definition) is 17. The van der Waals surface area contributed by atoms with E-state index < -0.39 is 0 Å². The maximum absolute atomic E-state index is 13.2. The summed E-state index contributed by atoms with van der Waals surface area (Å²) < 4.78 is 14.2. The summed E-state index contributed by atoms with van der Waals surface area (Å²) in [4.78, 5) is 90.5. The van der Waals surface area contributed by atoms with E-state index in [1.165, 1.54) is 12.1 Å². The van der Waals surface area contributed by atoms with E-state index in [0.29, 0.717) is 96.7 Å². The van der Waals surface area contributed by atoms with Gasteiger partial charge in [-0.1, -0.05) is 197 Å². The number of fused-ring (bicyclic) bond motifs is 12. The fraction of sp³-hybridized carbons (Fsp3) is 0.148. The number of aromatic hydroxyl groups is 5. The smallest absolute Gasteiger partial charge is 0.229 e. The van der Waals surface area contributed by atoms with Gasteiger partial charge in [0.15, 0.2) is 23.3 Å². The molecule has 4 aliphatic carbocycles. The zero-order valence-electron chi connectivity index (χ0n) is 71.6. The van der Waals surface area contributed by atoms with Crippen molar-refractivity contribution in [3.63, 3.8) is 0 Å². The molecule has 9 N–H and O–H groups in total. The minimum atomic E-state index is -0.335. The van der Waals surface area contributed by atoms with Gasteiger partial charge in [-0.25, -0.2) is 44.3 Å². The van der Waals surface area contributed by atoms with Crippen molar-refractivity contribution in [2.45, 2.75) is 103 Å². The molecule has 24 heteroatoms. The summed E-state index contributed by atoms with van der Waals surface area (Å²) in [6, 6.07) is 88.7. The SMILES string of the molecule is O=C(Cc1ccc(Br)cc1)Nc1nc2c(nc1Cc1ccccc1)-c1ccc(O)cc1CC2.O=C(Cc1ccc(Cl)cc1)Nc1nc2c(nc1Cc1ccccc1)-c1ccc(O)cc1CC2.O=C(Cc1ccc(F)cc1)Nc1nc2c(nc1Cc1ccccc1)-c1ccc(O)cc1CC2.O=C(Cc1ccc(O)cc1)Nc1nc2c(nc1Cc1ccccc1)-c1ccc(O)cc1CC2. The molecule has 0 atom stereocenters. The Morgan fingerprint density at radius 1 is 0.280 bits per heavy atom. The number of rotatable bonds is 20. The fourth-order valence-electron chi connectivity index (χ4n) is 16.6. The topological polar surface area (TPSA) is 321 Å². The Kier molecular flexibility index (Phi) is 27.4. The molecular weight excluding hydrogens is 1740 g/mol. The molecule has 656 valence electrons. The zero-order chi connectivity index (χ0) is 91.1. The molecule has 0 saturated carbocycles. The van der Waals surface area contributed by atoms with Crippen LogP contribution in [0.2, 0.25) is 5.02 Å². The third kappa shape index (κ3) is 22.4.